The standard InChI is InChI=1S/C27H24F3NO5/c1-16-25(36-20-12-10-19(34-3)11-13-20)24-22(27(28,29)30)8-5-9-23(24)31(16)15-18-6-4-7-21(14-18)35-17(2)26(32)33/h4-14,17H,15H2,1-3H3,(H,32,33)/t17-/m0/s1. The van der Waals surface area contributed by atoms with Crippen LogP contribution in [0.3, 0.4) is 0 Å². The number of methoxy groups -OCH3 is 1. The summed E-state index contributed by atoms with van der Waals surface area (Å²) in [6.07, 6.45) is -5.63. The minimum Gasteiger partial charge on any atom is -0.497 e. The first-order valence-corrected chi connectivity index (χ1v) is 11.1. The minimum atomic E-state index is -4.59. The summed E-state index contributed by atoms with van der Waals surface area (Å²) in [6.45, 7) is 3.33. The van der Waals surface area contributed by atoms with E-state index in [1.807, 2.05) is 0 Å². The molecule has 0 saturated carbocycles. The fourth-order valence-corrected chi connectivity index (χ4v) is 3.97. The Morgan fingerprint density at radius 1 is 1.00 bits per heavy atom. The number of rotatable bonds is 8. The Balaban J connectivity index is 1.80. The Labute approximate surface area is 205 Å². The van der Waals surface area contributed by atoms with E-state index >= 15 is 0 Å². The first-order chi connectivity index (χ1) is 17.1. The zero-order valence-electron chi connectivity index (χ0n) is 19.8. The summed E-state index contributed by atoms with van der Waals surface area (Å²) in [6, 6.07) is 17.4. The van der Waals surface area contributed by atoms with Crippen molar-refractivity contribution in [3.63, 3.8) is 0 Å². The third kappa shape index (κ3) is 5.10. The molecule has 0 saturated heterocycles. The molecule has 0 aliphatic heterocycles. The van der Waals surface area contributed by atoms with Crippen LogP contribution in [-0.4, -0.2) is 28.9 Å². The Kier molecular flexibility index (Phi) is 6.83. The smallest absolute Gasteiger partial charge is 0.417 e. The molecule has 6 nitrogen and oxygen atoms in total. The van der Waals surface area contributed by atoms with Crippen LogP contribution in [0, 0.1) is 6.92 Å². The summed E-state index contributed by atoms with van der Waals surface area (Å²) < 4.78 is 60.3. The third-order valence-electron chi connectivity index (χ3n) is 5.78. The fraction of sp³-hybridized carbons (Fsp3) is 0.222. The summed E-state index contributed by atoms with van der Waals surface area (Å²) in [7, 11) is 1.52. The molecule has 36 heavy (non-hydrogen) atoms. The topological polar surface area (TPSA) is 69.9 Å². The molecule has 188 valence electrons. The van der Waals surface area contributed by atoms with Gasteiger partial charge in [0.1, 0.15) is 17.2 Å². The lowest BCUT2D eigenvalue weighted by Gasteiger charge is -2.13. The lowest BCUT2D eigenvalue weighted by Crippen LogP contribution is -2.22. The maximum Gasteiger partial charge on any atom is 0.417 e. The van der Waals surface area contributed by atoms with Gasteiger partial charge in [-0.1, -0.05) is 18.2 Å². The van der Waals surface area contributed by atoms with E-state index in [1.165, 1.54) is 20.1 Å². The lowest BCUT2D eigenvalue weighted by atomic mass is 10.1. The number of ether oxygens (including phenoxy) is 3. The van der Waals surface area contributed by atoms with Crippen LogP contribution in [0.15, 0.2) is 66.7 Å². The maximum atomic E-state index is 14.0. The first-order valence-electron chi connectivity index (χ1n) is 11.1. The van der Waals surface area contributed by atoms with Gasteiger partial charge < -0.3 is 23.9 Å². The second kappa shape index (κ2) is 9.85. The van der Waals surface area contributed by atoms with Crippen LogP contribution in [0.5, 0.6) is 23.0 Å². The van der Waals surface area contributed by atoms with Crippen LogP contribution < -0.4 is 14.2 Å². The second-order valence-electron chi connectivity index (χ2n) is 8.22. The quantitative estimate of drug-likeness (QED) is 0.293. The highest BCUT2D eigenvalue weighted by atomic mass is 19.4. The third-order valence-corrected chi connectivity index (χ3v) is 5.78. The first kappa shape index (κ1) is 25.0. The number of aromatic nitrogens is 1. The van der Waals surface area contributed by atoms with E-state index in [0.29, 0.717) is 28.5 Å². The zero-order valence-corrected chi connectivity index (χ0v) is 19.8. The molecule has 0 spiro atoms. The van der Waals surface area contributed by atoms with Gasteiger partial charge in [-0.2, -0.15) is 13.2 Å². The Morgan fingerprint density at radius 3 is 2.31 bits per heavy atom. The highest BCUT2D eigenvalue weighted by molar-refractivity contribution is 5.92. The molecule has 1 N–H and O–H groups in total. The number of carboxylic acids is 1. The summed E-state index contributed by atoms with van der Waals surface area (Å²) >= 11 is 0. The molecule has 0 unspecified atom stereocenters. The van der Waals surface area contributed by atoms with Gasteiger partial charge in [-0.3, -0.25) is 0 Å². The van der Waals surface area contributed by atoms with E-state index < -0.39 is 23.8 Å². The lowest BCUT2D eigenvalue weighted by molar-refractivity contribution is -0.144. The van der Waals surface area contributed by atoms with Gasteiger partial charge in [0, 0.05) is 6.54 Å². The van der Waals surface area contributed by atoms with Crippen molar-refractivity contribution in [3.05, 3.63) is 83.6 Å². The van der Waals surface area contributed by atoms with E-state index in [4.69, 9.17) is 19.3 Å². The Hall–Kier alpha value is -4.14. The van der Waals surface area contributed by atoms with Crippen molar-refractivity contribution in [1.82, 2.24) is 4.57 Å². The average molecular weight is 499 g/mol. The van der Waals surface area contributed by atoms with Crippen molar-refractivity contribution < 1.29 is 37.3 Å². The number of carboxylic acid groups (broad SMARTS) is 1. The van der Waals surface area contributed by atoms with E-state index in [9.17, 15) is 18.0 Å². The van der Waals surface area contributed by atoms with Crippen LogP contribution in [0.4, 0.5) is 13.2 Å². The molecular formula is C27H24F3NO5. The van der Waals surface area contributed by atoms with E-state index in [1.54, 1.807) is 66.1 Å². The molecule has 4 rings (SSSR count). The normalized spacial score (nSPS) is 12.4. The van der Waals surface area contributed by atoms with Crippen molar-refractivity contribution in [3.8, 4) is 23.0 Å². The van der Waals surface area contributed by atoms with Crippen LogP contribution in [0.25, 0.3) is 10.9 Å². The largest absolute Gasteiger partial charge is 0.497 e. The summed E-state index contributed by atoms with van der Waals surface area (Å²) in [5.41, 5.74) is 0.787. The summed E-state index contributed by atoms with van der Waals surface area (Å²) in [5.74, 6) is 0.314. The SMILES string of the molecule is COc1ccc(Oc2c(C)n(Cc3cccc(O[C@@H](C)C(=O)O)c3)c3cccc(C(F)(F)F)c23)cc1. The van der Waals surface area contributed by atoms with Gasteiger partial charge in [-0.25, -0.2) is 4.79 Å². The number of halogens is 3. The average Bonchev–Trinajstić information content (AvgIpc) is 3.10. The fourth-order valence-electron chi connectivity index (χ4n) is 3.97. The summed E-state index contributed by atoms with van der Waals surface area (Å²) in [4.78, 5) is 11.1. The molecule has 1 atom stereocenters. The van der Waals surface area contributed by atoms with Crippen molar-refractivity contribution in [1.29, 1.82) is 0 Å². The predicted octanol–water partition coefficient (Wildman–Crippen LogP) is 6.67. The van der Waals surface area contributed by atoms with Crippen molar-refractivity contribution in [2.24, 2.45) is 0 Å². The number of benzene rings is 3. The van der Waals surface area contributed by atoms with Gasteiger partial charge in [-0.05, 0) is 67.9 Å². The van der Waals surface area contributed by atoms with Crippen molar-refractivity contribution in [2.45, 2.75) is 32.7 Å². The molecule has 3 aromatic carbocycles. The number of fused-ring (bicyclic) bond motifs is 1. The van der Waals surface area contributed by atoms with Gasteiger partial charge in [0.05, 0.1) is 29.3 Å². The number of alkyl halides is 3. The van der Waals surface area contributed by atoms with Crippen LogP contribution >= 0.6 is 0 Å². The van der Waals surface area contributed by atoms with E-state index in [2.05, 4.69) is 0 Å². The van der Waals surface area contributed by atoms with Crippen LogP contribution in [-0.2, 0) is 17.5 Å². The van der Waals surface area contributed by atoms with Gasteiger partial charge in [0.25, 0.3) is 0 Å². The molecule has 4 aromatic rings. The molecule has 0 aliphatic carbocycles. The second-order valence-corrected chi connectivity index (χ2v) is 8.22. The molecule has 0 bridgehead atoms. The molecule has 1 heterocycles. The molecule has 9 heteroatoms. The zero-order chi connectivity index (χ0) is 26.0. The van der Waals surface area contributed by atoms with Crippen molar-refractivity contribution >= 4 is 16.9 Å². The molecule has 0 amide bonds. The van der Waals surface area contributed by atoms with Crippen LogP contribution in [0.1, 0.15) is 23.7 Å². The predicted molar refractivity (Wildman–Crippen MR) is 128 cm³/mol. The van der Waals surface area contributed by atoms with Gasteiger partial charge >= 0.3 is 12.1 Å². The minimum absolute atomic E-state index is 0.0368. The summed E-state index contributed by atoms with van der Waals surface area (Å²) in [5, 5.41) is 9.07. The highest BCUT2D eigenvalue weighted by Gasteiger charge is 2.35. The number of nitrogens with zero attached hydrogens (tertiary/aromatic N) is 1. The van der Waals surface area contributed by atoms with Gasteiger partial charge in [0.15, 0.2) is 11.9 Å². The number of aliphatic carboxylic acids is 1. The Bertz CT molecular complexity index is 1390. The number of hydrogen-bond donors (Lipinski definition) is 1. The monoisotopic (exact) mass is 499 g/mol. The number of carbonyl (C=O) groups is 1. The molecule has 0 fully saturated rings. The molecule has 1 aromatic heterocycles. The Morgan fingerprint density at radius 2 is 1.67 bits per heavy atom. The van der Waals surface area contributed by atoms with Crippen molar-refractivity contribution in [2.75, 3.05) is 7.11 Å². The van der Waals surface area contributed by atoms with Gasteiger partial charge in [-0.15, -0.1) is 0 Å². The molecule has 0 aliphatic rings. The van der Waals surface area contributed by atoms with Gasteiger partial charge in [0.2, 0.25) is 0 Å². The van der Waals surface area contributed by atoms with E-state index in [0.717, 1.165) is 11.6 Å². The molecular weight excluding hydrogens is 475 g/mol. The van der Waals surface area contributed by atoms with Crippen LogP contribution in [0.2, 0.25) is 0 Å². The maximum absolute atomic E-state index is 14.0. The van der Waals surface area contributed by atoms with E-state index in [-0.39, 0.29) is 17.7 Å². The number of hydrogen-bond acceptors (Lipinski definition) is 4. The molecule has 0 radical (unpaired) electrons. The highest BCUT2D eigenvalue weighted by Crippen LogP contribution is 2.44.